The Bertz CT molecular complexity index is 1240. The lowest BCUT2D eigenvalue weighted by molar-refractivity contribution is 0.483. The molecule has 0 radical (unpaired) electrons. The van der Waals surface area contributed by atoms with Gasteiger partial charge in [0.05, 0.1) is 27.6 Å². The molecule has 0 aliphatic heterocycles. The molecule has 0 amide bonds. The van der Waals surface area contributed by atoms with Crippen LogP contribution in [0.2, 0.25) is 0 Å². The molecule has 0 saturated heterocycles. The first kappa shape index (κ1) is 21.7. The van der Waals surface area contributed by atoms with Gasteiger partial charge in [0.15, 0.2) is 0 Å². The number of nitrogens with zero attached hydrogens (tertiary/aromatic N) is 4. The Morgan fingerprint density at radius 3 is 1.42 bits per heavy atom. The molecule has 160 valence electrons. The van der Waals surface area contributed by atoms with Crippen molar-refractivity contribution in [2.24, 2.45) is 20.5 Å². The summed E-state index contributed by atoms with van der Waals surface area (Å²) < 4.78 is 33.0. The fraction of sp³-hybridized carbons (Fsp3) is 0.0526. The molecule has 3 rings (SSSR count). The van der Waals surface area contributed by atoms with Gasteiger partial charge in [0.1, 0.15) is 11.4 Å². The van der Waals surface area contributed by atoms with Gasteiger partial charge in [0.2, 0.25) is 0 Å². The summed E-state index contributed by atoms with van der Waals surface area (Å²) in [5, 5.41) is 16.2. The molecule has 3 aromatic carbocycles. The molecule has 0 aliphatic rings. The maximum atomic E-state index is 11.7. The first-order valence-electron chi connectivity index (χ1n) is 8.80. The molecular weight excluding hydrogens is 420 g/mol. The van der Waals surface area contributed by atoms with Gasteiger partial charge >= 0.3 is 0 Å². The third kappa shape index (κ3) is 5.12. The second kappa shape index (κ2) is 8.38. The summed E-state index contributed by atoms with van der Waals surface area (Å²) in [6.45, 7) is 1.65. The zero-order valence-corrected chi connectivity index (χ0v) is 17.2. The normalized spacial score (nSPS) is 12.1. The van der Waals surface area contributed by atoms with Crippen molar-refractivity contribution in [3.05, 3.63) is 54.1 Å². The van der Waals surface area contributed by atoms with E-state index in [9.17, 15) is 13.0 Å². The van der Waals surface area contributed by atoms with Crippen LogP contribution in [0.25, 0.3) is 0 Å². The summed E-state index contributed by atoms with van der Waals surface area (Å²) in [6, 6.07) is 11.7. The lowest BCUT2D eigenvalue weighted by Gasteiger charge is -2.07. The third-order valence-electron chi connectivity index (χ3n) is 4.26. The Hall–Kier alpha value is -4.03. The van der Waals surface area contributed by atoms with E-state index in [-0.39, 0.29) is 11.4 Å². The van der Waals surface area contributed by atoms with Crippen molar-refractivity contribution < 1.29 is 13.0 Å². The van der Waals surface area contributed by atoms with Gasteiger partial charge in [0, 0.05) is 16.9 Å². The van der Waals surface area contributed by atoms with E-state index in [2.05, 4.69) is 20.5 Å². The number of azo groups is 2. The molecule has 0 aromatic heterocycles. The SMILES string of the molecule is Cc1c(N=Nc2ccc(N)cc2N)cc(S(=O)(=O)O)cc1N=Nc1ccc(N)cc1N. The van der Waals surface area contributed by atoms with E-state index in [1.165, 1.54) is 12.1 Å². The van der Waals surface area contributed by atoms with Crippen LogP contribution in [-0.4, -0.2) is 13.0 Å². The predicted octanol–water partition coefficient (Wildman–Crippen LogP) is 4.40. The maximum absolute atomic E-state index is 11.7. The number of rotatable bonds is 5. The van der Waals surface area contributed by atoms with Gasteiger partial charge < -0.3 is 22.9 Å². The zero-order valence-electron chi connectivity index (χ0n) is 16.4. The van der Waals surface area contributed by atoms with Crippen molar-refractivity contribution in [1.82, 2.24) is 0 Å². The van der Waals surface area contributed by atoms with Crippen LogP contribution < -0.4 is 22.9 Å². The summed E-state index contributed by atoms with van der Waals surface area (Å²) >= 11 is 0. The lowest BCUT2D eigenvalue weighted by Crippen LogP contribution is -1.98. The van der Waals surface area contributed by atoms with Crippen LogP contribution in [0.15, 0.2) is 73.9 Å². The summed E-state index contributed by atoms with van der Waals surface area (Å²) in [5.41, 5.74) is 26.0. The van der Waals surface area contributed by atoms with Crippen LogP contribution in [-0.2, 0) is 10.1 Å². The molecule has 0 bridgehead atoms. The molecule has 11 nitrogen and oxygen atoms in total. The Kier molecular flexibility index (Phi) is 5.86. The van der Waals surface area contributed by atoms with Gasteiger partial charge in [0.25, 0.3) is 10.1 Å². The third-order valence-corrected chi connectivity index (χ3v) is 5.09. The van der Waals surface area contributed by atoms with Crippen LogP contribution >= 0.6 is 0 Å². The van der Waals surface area contributed by atoms with Crippen molar-refractivity contribution in [1.29, 1.82) is 0 Å². The quantitative estimate of drug-likeness (QED) is 0.219. The first-order chi connectivity index (χ1) is 14.5. The van der Waals surface area contributed by atoms with Crippen molar-refractivity contribution in [3.8, 4) is 0 Å². The molecule has 0 unspecified atom stereocenters. The minimum Gasteiger partial charge on any atom is -0.399 e. The standard InChI is InChI=1S/C19H20N8O3S/c1-10-18(26-24-16-4-2-11(20)6-14(16)22)8-13(31(28,29)30)9-19(10)27-25-17-5-3-12(21)7-15(17)23/h2-9H,20-23H2,1H3,(H,28,29,30). The van der Waals surface area contributed by atoms with Crippen molar-refractivity contribution in [2.75, 3.05) is 22.9 Å². The summed E-state index contributed by atoms with van der Waals surface area (Å²) in [6.07, 6.45) is 0. The van der Waals surface area contributed by atoms with E-state index in [0.29, 0.717) is 39.7 Å². The maximum Gasteiger partial charge on any atom is 0.294 e. The van der Waals surface area contributed by atoms with E-state index in [1.54, 1.807) is 31.2 Å². The Labute approximate surface area is 178 Å². The van der Waals surface area contributed by atoms with Gasteiger partial charge in [-0.25, -0.2) is 0 Å². The van der Waals surface area contributed by atoms with Gasteiger partial charge in [-0.05, 0) is 55.5 Å². The van der Waals surface area contributed by atoms with Crippen LogP contribution in [0.3, 0.4) is 0 Å². The summed E-state index contributed by atoms with van der Waals surface area (Å²) in [7, 11) is -4.54. The minimum absolute atomic E-state index is 0.144. The van der Waals surface area contributed by atoms with Crippen molar-refractivity contribution in [2.45, 2.75) is 11.8 Å². The van der Waals surface area contributed by atoms with Gasteiger partial charge in [-0.15, -0.1) is 10.2 Å². The highest BCUT2D eigenvalue weighted by Crippen LogP contribution is 2.36. The monoisotopic (exact) mass is 440 g/mol. The number of hydrogen-bond acceptors (Lipinski definition) is 10. The minimum atomic E-state index is -4.54. The molecule has 9 N–H and O–H groups in total. The smallest absolute Gasteiger partial charge is 0.294 e. The van der Waals surface area contributed by atoms with Crippen molar-refractivity contribution >= 4 is 55.6 Å². The van der Waals surface area contributed by atoms with E-state index in [4.69, 9.17) is 22.9 Å². The Morgan fingerprint density at radius 2 is 1.06 bits per heavy atom. The lowest BCUT2D eigenvalue weighted by atomic mass is 10.1. The molecule has 0 saturated carbocycles. The fourth-order valence-corrected chi connectivity index (χ4v) is 3.08. The van der Waals surface area contributed by atoms with Gasteiger partial charge in [-0.2, -0.15) is 18.6 Å². The molecule has 0 spiro atoms. The predicted molar refractivity (Wildman–Crippen MR) is 120 cm³/mol. The number of hydrogen-bond donors (Lipinski definition) is 5. The second-order valence-corrected chi connectivity index (χ2v) is 8.02. The highest BCUT2D eigenvalue weighted by atomic mass is 32.2. The van der Waals surface area contributed by atoms with E-state index in [0.717, 1.165) is 12.1 Å². The summed E-state index contributed by atoms with van der Waals surface area (Å²) in [5.74, 6) is 0. The van der Waals surface area contributed by atoms with Crippen LogP contribution in [0.5, 0.6) is 0 Å². The van der Waals surface area contributed by atoms with Gasteiger partial charge in [-0.3, -0.25) is 4.55 Å². The number of anilines is 4. The van der Waals surface area contributed by atoms with E-state index >= 15 is 0 Å². The van der Waals surface area contributed by atoms with E-state index < -0.39 is 15.0 Å². The van der Waals surface area contributed by atoms with Crippen LogP contribution in [0.4, 0.5) is 45.5 Å². The molecule has 3 aromatic rings. The zero-order chi connectivity index (χ0) is 22.8. The molecule has 12 heteroatoms. The molecule has 0 heterocycles. The van der Waals surface area contributed by atoms with E-state index in [1.807, 2.05) is 0 Å². The van der Waals surface area contributed by atoms with Gasteiger partial charge in [-0.1, -0.05) is 0 Å². The summed E-state index contributed by atoms with van der Waals surface area (Å²) in [4.78, 5) is -0.420. The molecule has 31 heavy (non-hydrogen) atoms. The Morgan fingerprint density at radius 1 is 0.677 bits per heavy atom. The number of nitrogen functional groups attached to an aromatic ring is 4. The van der Waals surface area contributed by atoms with Crippen LogP contribution in [0.1, 0.15) is 5.56 Å². The largest absolute Gasteiger partial charge is 0.399 e. The molecular formula is C19H20N8O3S. The number of benzene rings is 3. The number of nitrogens with two attached hydrogens (primary N) is 4. The topological polar surface area (TPSA) is 208 Å². The molecule has 0 atom stereocenters. The highest BCUT2D eigenvalue weighted by molar-refractivity contribution is 7.85. The first-order valence-corrected chi connectivity index (χ1v) is 10.2. The van der Waals surface area contributed by atoms with Crippen LogP contribution in [0, 0.1) is 6.92 Å². The molecule has 0 fully saturated rings. The molecule has 0 aliphatic carbocycles. The van der Waals surface area contributed by atoms with Crippen molar-refractivity contribution in [3.63, 3.8) is 0 Å². The Balaban J connectivity index is 2.07. The average molecular weight is 440 g/mol. The average Bonchev–Trinajstić information content (AvgIpc) is 2.67. The highest BCUT2D eigenvalue weighted by Gasteiger charge is 2.16. The fourth-order valence-electron chi connectivity index (χ4n) is 2.56. The second-order valence-electron chi connectivity index (χ2n) is 6.60.